The smallest absolute Gasteiger partial charge is 0.0585 e. The fourth-order valence-corrected chi connectivity index (χ4v) is 1.79. The van der Waals surface area contributed by atoms with Crippen molar-refractivity contribution in [2.24, 2.45) is 5.73 Å². The zero-order valence-corrected chi connectivity index (χ0v) is 8.99. The lowest BCUT2D eigenvalue weighted by molar-refractivity contribution is -0.307. The summed E-state index contributed by atoms with van der Waals surface area (Å²) in [6.07, 6.45) is 2.08. The number of fused-ring (bicyclic) bond motifs is 1. The summed E-state index contributed by atoms with van der Waals surface area (Å²) in [5.41, 5.74) is 8.52. The number of hydrogen-bond donors (Lipinski definition) is 2. The van der Waals surface area contributed by atoms with Crippen LogP contribution in [0, 0.1) is 6.92 Å². The number of rotatable bonds is 3. The van der Waals surface area contributed by atoms with E-state index in [9.17, 15) is 9.90 Å². The van der Waals surface area contributed by atoms with Crippen LogP contribution in [0.5, 0.6) is 0 Å². The highest BCUT2D eigenvalue weighted by molar-refractivity contribution is 5.84. The number of hydrogen-bond acceptors (Lipinski definition) is 3. The SMILES string of the molecule is Cc1ccc2c(CC(N)C(=O)[O-])c[nH]c2c1. The number of aromatic amines is 1. The fourth-order valence-electron chi connectivity index (χ4n) is 1.79. The normalized spacial score (nSPS) is 12.9. The number of aromatic nitrogens is 1. The lowest BCUT2D eigenvalue weighted by atomic mass is 10.0. The zero-order chi connectivity index (χ0) is 11.7. The van der Waals surface area contributed by atoms with E-state index in [4.69, 9.17) is 5.73 Å². The third kappa shape index (κ3) is 1.92. The van der Waals surface area contributed by atoms with E-state index >= 15 is 0 Å². The number of carboxylic acids is 1. The highest BCUT2D eigenvalue weighted by atomic mass is 16.4. The van der Waals surface area contributed by atoms with Gasteiger partial charge >= 0.3 is 0 Å². The lowest BCUT2D eigenvalue weighted by Crippen LogP contribution is -2.43. The summed E-state index contributed by atoms with van der Waals surface area (Å²) < 4.78 is 0. The molecule has 1 atom stereocenters. The molecule has 0 aliphatic rings. The Labute approximate surface area is 93.1 Å². The molecule has 3 N–H and O–H groups in total. The largest absolute Gasteiger partial charge is 0.548 e. The molecule has 4 heteroatoms. The van der Waals surface area contributed by atoms with Crippen LogP contribution in [-0.4, -0.2) is 17.0 Å². The first-order valence-electron chi connectivity index (χ1n) is 5.11. The number of nitrogens with two attached hydrogens (primary N) is 1. The van der Waals surface area contributed by atoms with Gasteiger partial charge in [-0.3, -0.25) is 0 Å². The summed E-state index contributed by atoms with van der Waals surface area (Å²) >= 11 is 0. The molecule has 1 heterocycles. The Bertz CT molecular complexity index is 531. The Morgan fingerprint density at radius 3 is 3.00 bits per heavy atom. The molecule has 0 aliphatic heterocycles. The van der Waals surface area contributed by atoms with Crippen molar-refractivity contribution in [1.29, 1.82) is 0 Å². The molecule has 1 aromatic heterocycles. The highest BCUT2D eigenvalue weighted by Gasteiger charge is 2.09. The van der Waals surface area contributed by atoms with E-state index < -0.39 is 12.0 Å². The maximum Gasteiger partial charge on any atom is 0.0585 e. The average Bonchev–Trinajstić information content (AvgIpc) is 2.60. The summed E-state index contributed by atoms with van der Waals surface area (Å²) in [7, 11) is 0. The number of carbonyl (C=O) groups is 1. The molecular weight excluding hydrogens is 204 g/mol. The van der Waals surface area contributed by atoms with Crippen LogP contribution < -0.4 is 10.8 Å². The quantitative estimate of drug-likeness (QED) is 0.764. The molecule has 2 rings (SSSR count). The molecule has 0 fully saturated rings. The van der Waals surface area contributed by atoms with Crippen LogP contribution in [0.25, 0.3) is 10.9 Å². The maximum atomic E-state index is 10.6. The molecule has 4 nitrogen and oxygen atoms in total. The summed E-state index contributed by atoms with van der Waals surface area (Å²) in [4.78, 5) is 13.7. The van der Waals surface area contributed by atoms with Crippen molar-refractivity contribution < 1.29 is 9.90 Å². The second-order valence-electron chi connectivity index (χ2n) is 3.99. The van der Waals surface area contributed by atoms with Crippen LogP contribution in [0.4, 0.5) is 0 Å². The van der Waals surface area contributed by atoms with Crippen LogP contribution >= 0.6 is 0 Å². The van der Waals surface area contributed by atoms with Gasteiger partial charge in [0, 0.05) is 23.1 Å². The predicted octanol–water partition coefficient (Wildman–Crippen LogP) is 0.0960. The van der Waals surface area contributed by atoms with Crippen LogP contribution in [-0.2, 0) is 11.2 Å². The van der Waals surface area contributed by atoms with Crippen molar-refractivity contribution in [2.45, 2.75) is 19.4 Å². The molecule has 2 aromatic rings. The molecular formula is C12H13N2O2-. The first kappa shape index (κ1) is 10.7. The Kier molecular flexibility index (Phi) is 2.66. The van der Waals surface area contributed by atoms with E-state index in [0.717, 1.165) is 22.0 Å². The number of aryl methyl sites for hydroxylation is 1. The minimum Gasteiger partial charge on any atom is -0.548 e. The molecule has 0 spiro atoms. The van der Waals surface area contributed by atoms with Crippen LogP contribution in [0.3, 0.4) is 0 Å². The van der Waals surface area contributed by atoms with Crippen molar-refractivity contribution in [3.05, 3.63) is 35.5 Å². The number of H-pyrrole nitrogens is 1. The predicted molar refractivity (Wildman–Crippen MR) is 59.7 cm³/mol. The van der Waals surface area contributed by atoms with Gasteiger partial charge in [-0.25, -0.2) is 0 Å². The van der Waals surface area contributed by atoms with E-state index in [2.05, 4.69) is 4.98 Å². The molecule has 0 saturated carbocycles. The van der Waals surface area contributed by atoms with Gasteiger partial charge in [0.1, 0.15) is 0 Å². The first-order chi connectivity index (χ1) is 7.58. The Balaban J connectivity index is 2.35. The molecule has 16 heavy (non-hydrogen) atoms. The third-order valence-corrected chi connectivity index (χ3v) is 2.67. The molecule has 84 valence electrons. The van der Waals surface area contributed by atoms with E-state index in [0.29, 0.717) is 0 Å². The first-order valence-corrected chi connectivity index (χ1v) is 5.11. The molecule has 0 amide bonds. The molecule has 0 radical (unpaired) electrons. The van der Waals surface area contributed by atoms with Crippen LogP contribution in [0.1, 0.15) is 11.1 Å². The van der Waals surface area contributed by atoms with Gasteiger partial charge in [0.2, 0.25) is 0 Å². The van der Waals surface area contributed by atoms with E-state index in [1.54, 1.807) is 6.20 Å². The Hall–Kier alpha value is -1.81. The lowest BCUT2D eigenvalue weighted by Gasteiger charge is -2.11. The van der Waals surface area contributed by atoms with Crippen molar-refractivity contribution in [3.63, 3.8) is 0 Å². The zero-order valence-electron chi connectivity index (χ0n) is 8.99. The van der Waals surface area contributed by atoms with Gasteiger partial charge in [-0.2, -0.15) is 0 Å². The second kappa shape index (κ2) is 3.98. The van der Waals surface area contributed by atoms with Crippen molar-refractivity contribution >= 4 is 16.9 Å². The van der Waals surface area contributed by atoms with E-state index in [1.165, 1.54) is 0 Å². The van der Waals surface area contributed by atoms with Crippen molar-refractivity contribution in [1.82, 2.24) is 4.98 Å². The number of nitrogens with one attached hydrogen (secondary N) is 1. The number of carboxylic acid groups (broad SMARTS) is 1. The topological polar surface area (TPSA) is 81.9 Å². The van der Waals surface area contributed by atoms with Gasteiger partial charge in [0.15, 0.2) is 0 Å². The average molecular weight is 217 g/mol. The van der Waals surface area contributed by atoms with Gasteiger partial charge in [-0.1, -0.05) is 12.1 Å². The highest BCUT2D eigenvalue weighted by Crippen LogP contribution is 2.20. The van der Waals surface area contributed by atoms with Crippen molar-refractivity contribution in [3.8, 4) is 0 Å². The molecule has 0 saturated heterocycles. The number of benzene rings is 1. The molecule has 1 unspecified atom stereocenters. The van der Waals surface area contributed by atoms with Gasteiger partial charge in [-0.05, 0) is 30.5 Å². The van der Waals surface area contributed by atoms with Crippen LogP contribution in [0.2, 0.25) is 0 Å². The molecule has 0 bridgehead atoms. The standard InChI is InChI=1S/C12H14N2O2/c1-7-2-3-9-8(5-10(13)12(15)16)6-14-11(9)4-7/h2-4,6,10,14H,5,13H2,1H3,(H,15,16)/p-1. The van der Waals surface area contributed by atoms with E-state index in [-0.39, 0.29) is 6.42 Å². The fraction of sp³-hybridized carbons (Fsp3) is 0.250. The minimum absolute atomic E-state index is 0.283. The Morgan fingerprint density at radius 2 is 2.31 bits per heavy atom. The second-order valence-corrected chi connectivity index (χ2v) is 3.99. The third-order valence-electron chi connectivity index (χ3n) is 2.67. The summed E-state index contributed by atoms with van der Waals surface area (Å²) in [5.74, 6) is -1.22. The van der Waals surface area contributed by atoms with Gasteiger partial charge < -0.3 is 20.6 Å². The van der Waals surface area contributed by atoms with Gasteiger partial charge in [-0.15, -0.1) is 0 Å². The molecule has 1 aromatic carbocycles. The minimum atomic E-state index is -1.22. The monoisotopic (exact) mass is 217 g/mol. The Morgan fingerprint density at radius 1 is 1.56 bits per heavy atom. The molecule has 0 aliphatic carbocycles. The van der Waals surface area contributed by atoms with E-state index in [1.807, 2.05) is 25.1 Å². The summed E-state index contributed by atoms with van der Waals surface area (Å²) in [6, 6.07) is 5.02. The van der Waals surface area contributed by atoms with Gasteiger partial charge in [0.05, 0.1) is 5.97 Å². The maximum absolute atomic E-state index is 10.6. The van der Waals surface area contributed by atoms with Crippen LogP contribution in [0.15, 0.2) is 24.4 Å². The summed E-state index contributed by atoms with van der Waals surface area (Å²) in [5, 5.41) is 11.6. The van der Waals surface area contributed by atoms with Crippen molar-refractivity contribution in [2.75, 3.05) is 0 Å². The number of carbonyl (C=O) groups excluding carboxylic acids is 1. The number of aliphatic carboxylic acids is 1. The summed E-state index contributed by atoms with van der Waals surface area (Å²) in [6.45, 7) is 2.01. The van der Waals surface area contributed by atoms with Gasteiger partial charge in [0.25, 0.3) is 0 Å².